The number of rotatable bonds is 6. The van der Waals surface area contributed by atoms with E-state index in [0.29, 0.717) is 0 Å². The minimum Gasteiger partial charge on any atom is -0.483 e. The van der Waals surface area contributed by atoms with Crippen LogP contribution in [-0.4, -0.2) is 5.60 Å². The Morgan fingerprint density at radius 2 is 1.76 bits per heavy atom. The molecular formula is C28H40O. The third kappa shape index (κ3) is 4.55. The highest BCUT2D eigenvalue weighted by molar-refractivity contribution is 5.85. The van der Waals surface area contributed by atoms with Crippen molar-refractivity contribution in [2.45, 2.75) is 92.6 Å². The number of unbranched alkanes of at least 4 members (excludes halogenated alkanes) is 3. The molecule has 1 aliphatic heterocycles. The molecule has 0 saturated carbocycles. The predicted molar refractivity (Wildman–Crippen MR) is 127 cm³/mol. The summed E-state index contributed by atoms with van der Waals surface area (Å²) in [6.45, 7) is 20.5. The Morgan fingerprint density at radius 1 is 1.03 bits per heavy atom. The second kappa shape index (κ2) is 7.82. The van der Waals surface area contributed by atoms with Crippen molar-refractivity contribution in [3.63, 3.8) is 0 Å². The van der Waals surface area contributed by atoms with Gasteiger partial charge in [-0.3, -0.25) is 0 Å². The maximum absolute atomic E-state index is 6.20. The molecule has 1 aromatic carbocycles. The third-order valence-corrected chi connectivity index (χ3v) is 6.87. The minimum atomic E-state index is -0.242. The van der Waals surface area contributed by atoms with E-state index in [1.54, 1.807) is 0 Å². The molecule has 3 rings (SSSR count). The Balaban J connectivity index is 2.00. The number of ether oxygens (including phenoxy) is 1. The van der Waals surface area contributed by atoms with E-state index >= 15 is 0 Å². The standard InChI is InChI=1S/C28H40O/c1-9-10-11-12-16-28(8)18-24(21(3)26(4,5)19-28)22-13-14-25-23(20(22)2)15-17-27(6,7)29-25/h13-15,17-18H,3,9-12,16,19H2,1-2,4-8H3. The van der Waals surface area contributed by atoms with Gasteiger partial charge in [0.15, 0.2) is 0 Å². The van der Waals surface area contributed by atoms with Crippen LogP contribution in [0.3, 0.4) is 0 Å². The molecule has 0 N–H and O–H groups in total. The summed E-state index contributed by atoms with van der Waals surface area (Å²) >= 11 is 0. The molecule has 0 aromatic heterocycles. The van der Waals surface area contributed by atoms with Crippen LogP contribution >= 0.6 is 0 Å². The van der Waals surface area contributed by atoms with Crippen molar-refractivity contribution in [2.24, 2.45) is 10.8 Å². The first-order chi connectivity index (χ1) is 13.5. The van der Waals surface area contributed by atoms with Gasteiger partial charge in [0.05, 0.1) is 0 Å². The first-order valence-corrected chi connectivity index (χ1v) is 11.4. The molecule has 0 saturated heterocycles. The lowest BCUT2D eigenvalue weighted by molar-refractivity contribution is 0.159. The molecule has 29 heavy (non-hydrogen) atoms. The van der Waals surface area contributed by atoms with Crippen LogP contribution in [0.15, 0.2) is 36.4 Å². The highest BCUT2D eigenvalue weighted by Crippen LogP contribution is 2.53. The summed E-state index contributed by atoms with van der Waals surface area (Å²) in [6.07, 6.45) is 14.7. The van der Waals surface area contributed by atoms with Crippen LogP contribution < -0.4 is 4.74 Å². The number of fused-ring (bicyclic) bond motifs is 1. The molecule has 1 aliphatic carbocycles. The molecule has 1 atom stereocenters. The van der Waals surface area contributed by atoms with Crippen LogP contribution in [0.4, 0.5) is 0 Å². The van der Waals surface area contributed by atoms with Gasteiger partial charge in [0.2, 0.25) is 0 Å². The molecule has 1 heteroatoms. The fraction of sp³-hybridized carbons (Fsp3) is 0.571. The van der Waals surface area contributed by atoms with Crippen LogP contribution in [0.1, 0.15) is 96.8 Å². The summed E-state index contributed by atoms with van der Waals surface area (Å²) < 4.78 is 6.20. The van der Waals surface area contributed by atoms with Gasteiger partial charge in [-0.25, -0.2) is 0 Å². The second-order valence-corrected chi connectivity index (χ2v) is 10.8. The number of benzene rings is 1. The van der Waals surface area contributed by atoms with Gasteiger partial charge in [0.25, 0.3) is 0 Å². The molecule has 2 aliphatic rings. The molecule has 1 nitrogen and oxygen atoms in total. The molecule has 158 valence electrons. The van der Waals surface area contributed by atoms with Crippen LogP contribution in [0.5, 0.6) is 5.75 Å². The molecule has 1 aromatic rings. The summed E-state index contributed by atoms with van der Waals surface area (Å²) in [4.78, 5) is 0. The monoisotopic (exact) mass is 392 g/mol. The van der Waals surface area contributed by atoms with Crippen molar-refractivity contribution < 1.29 is 4.74 Å². The highest BCUT2D eigenvalue weighted by Gasteiger charge is 2.39. The van der Waals surface area contributed by atoms with E-state index in [1.165, 1.54) is 66.4 Å². The Morgan fingerprint density at radius 3 is 2.45 bits per heavy atom. The van der Waals surface area contributed by atoms with Crippen molar-refractivity contribution in [3.8, 4) is 5.75 Å². The Hall–Kier alpha value is -1.76. The van der Waals surface area contributed by atoms with Crippen LogP contribution in [0, 0.1) is 17.8 Å². The number of hydrogen-bond donors (Lipinski definition) is 0. The van der Waals surface area contributed by atoms with Gasteiger partial charge in [-0.05, 0) is 78.9 Å². The second-order valence-electron chi connectivity index (χ2n) is 10.8. The molecule has 1 unspecified atom stereocenters. The summed E-state index contributed by atoms with van der Waals surface area (Å²) in [5.41, 5.74) is 6.54. The lowest BCUT2D eigenvalue weighted by Crippen LogP contribution is -2.31. The first-order valence-electron chi connectivity index (χ1n) is 11.4. The van der Waals surface area contributed by atoms with Crippen molar-refractivity contribution >= 4 is 11.6 Å². The lowest BCUT2D eigenvalue weighted by atomic mass is 9.61. The van der Waals surface area contributed by atoms with Gasteiger partial charge in [-0.2, -0.15) is 0 Å². The van der Waals surface area contributed by atoms with E-state index in [0.717, 1.165) is 5.75 Å². The molecule has 0 fully saturated rings. The fourth-order valence-corrected chi connectivity index (χ4v) is 5.22. The van der Waals surface area contributed by atoms with Gasteiger partial charge < -0.3 is 4.74 Å². The van der Waals surface area contributed by atoms with E-state index in [1.807, 2.05) is 0 Å². The van der Waals surface area contributed by atoms with Crippen molar-refractivity contribution in [2.75, 3.05) is 0 Å². The molecular weight excluding hydrogens is 352 g/mol. The van der Waals surface area contributed by atoms with Gasteiger partial charge in [0.1, 0.15) is 11.4 Å². The predicted octanol–water partition coefficient (Wildman–Crippen LogP) is 8.53. The zero-order valence-electron chi connectivity index (χ0n) is 19.7. The highest BCUT2D eigenvalue weighted by atomic mass is 16.5. The van der Waals surface area contributed by atoms with E-state index in [-0.39, 0.29) is 16.4 Å². The van der Waals surface area contributed by atoms with E-state index in [4.69, 9.17) is 4.74 Å². The molecule has 0 bridgehead atoms. The van der Waals surface area contributed by atoms with Crippen molar-refractivity contribution in [1.29, 1.82) is 0 Å². The van der Waals surface area contributed by atoms with E-state index in [2.05, 4.69) is 85.4 Å². The SMILES string of the molecule is C=C1C(c2ccc3c(c2C)C=CC(C)(C)O3)=CC(C)(CCCCCC)CC1(C)C. The Labute approximate surface area is 178 Å². The molecule has 1 heterocycles. The Bertz CT molecular complexity index is 849. The Kier molecular flexibility index (Phi) is 5.91. The largest absolute Gasteiger partial charge is 0.483 e. The van der Waals surface area contributed by atoms with Crippen molar-refractivity contribution in [3.05, 3.63) is 53.1 Å². The first kappa shape index (κ1) is 21.9. The molecule has 0 spiro atoms. The normalized spacial score (nSPS) is 24.7. The van der Waals surface area contributed by atoms with Crippen molar-refractivity contribution in [1.82, 2.24) is 0 Å². The summed E-state index contributed by atoms with van der Waals surface area (Å²) in [5, 5.41) is 0. The number of hydrogen-bond acceptors (Lipinski definition) is 1. The smallest absolute Gasteiger partial charge is 0.128 e. The lowest BCUT2D eigenvalue weighted by Gasteiger charge is -2.44. The maximum Gasteiger partial charge on any atom is 0.128 e. The van der Waals surface area contributed by atoms with Crippen LogP contribution in [0.25, 0.3) is 11.6 Å². The topological polar surface area (TPSA) is 9.23 Å². The van der Waals surface area contributed by atoms with E-state index < -0.39 is 0 Å². The average molecular weight is 393 g/mol. The van der Waals surface area contributed by atoms with E-state index in [9.17, 15) is 0 Å². The summed E-state index contributed by atoms with van der Waals surface area (Å²) in [7, 11) is 0. The average Bonchev–Trinajstić information content (AvgIpc) is 2.61. The quantitative estimate of drug-likeness (QED) is 0.441. The van der Waals surface area contributed by atoms with Gasteiger partial charge in [0, 0.05) is 5.56 Å². The van der Waals surface area contributed by atoms with Crippen LogP contribution in [-0.2, 0) is 0 Å². The zero-order chi connectivity index (χ0) is 21.4. The maximum atomic E-state index is 6.20. The van der Waals surface area contributed by atoms with Crippen LogP contribution in [0.2, 0.25) is 0 Å². The van der Waals surface area contributed by atoms with Gasteiger partial charge in [-0.15, -0.1) is 0 Å². The molecule has 0 amide bonds. The minimum absolute atomic E-state index is 0.111. The molecule has 0 radical (unpaired) electrons. The van der Waals surface area contributed by atoms with Gasteiger partial charge in [-0.1, -0.05) is 78.2 Å². The zero-order valence-corrected chi connectivity index (χ0v) is 19.7. The third-order valence-electron chi connectivity index (χ3n) is 6.87. The fourth-order valence-electron chi connectivity index (χ4n) is 5.22. The van der Waals surface area contributed by atoms with Gasteiger partial charge >= 0.3 is 0 Å². The summed E-state index contributed by atoms with van der Waals surface area (Å²) in [5.74, 6) is 0.988. The number of allylic oxidation sites excluding steroid dienone is 3. The summed E-state index contributed by atoms with van der Waals surface area (Å²) in [6, 6.07) is 4.40.